The SMILES string of the molecule is C[C@H](OC(=O)c1ccccc1O)C(=O)c1ccc(Cl)cc1. The lowest BCUT2D eigenvalue weighted by atomic mass is 10.1. The summed E-state index contributed by atoms with van der Waals surface area (Å²) in [6.07, 6.45) is -0.960. The highest BCUT2D eigenvalue weighted by atomic mass is 35.5. The highest BCUT2D eigenvalue weighted by molar-refractivity contribution is 6.30. The van der Waals surface area contributed by atoms with Gasteiger partial charge in [-0.2, -0.15) is 0 Å². The average Bonchev–Trinajstić information content (AvgIpc) is 2.47. The van der Waals surface area contributed by atoms with E-state index in [-0.39, 0.29) is 17.1 Å². The van der Waals surface area contributed by atoms with Crippen molar-refractivity contribution in [2.45, 2.75) is 13.0 Å². The quantitative estimate of drug-likeness (QED) is 0.694. The molecular formula is C16H13ClO4. The highest BCUT2D eigenvalue weighted by Crippen LogP contribution is 2.18. The van der Waals surface area contributed by atoms with Crippen LogP contribution in [0.25, 0.3) is 0 Å². The van der Waals surface area contributed by atoms with E-state index in [0.29, 0.717) is 10.6 Å². The van der Waals surface area contributed by atoms with E-state index in [1.807, 2.05) is 0 Å². The Bertz CT molecular complexity index is 664. The summed E-state index contributed by atoms with van der Waals surface area (Å²) in [5.41, 5.74) is 0.422. The van der Waals surface area contributed by atoms with Crippen LogP contribution in [0, 0.1) is 0 Å². The van der Waals surface area contributed by atoms with Crippen molar-refractivity contribution in [3.05, 3.63) is 64.7 Å². The predicted octanol–water partition coefficient (Wildman–Crippen LogP) is 3.47. The number of esters is 1. The molecule has 0 heterocycles. The Kier molecular flexibility index (Phi) is 4.60. The van der Waals surface area contributed by atoms with E-state index < -0.39 is 12.1 Å². The second-order valence-corrected chi connectivity index (χ2v) is 4.87. The Morgan fingerprint density at radius 2 is 1.71 bits per heavy atom. The fraction of sp³-hybridized carbons (Fsp3) is 0.125. The molecule has 2 rings (SSSR count). The number of hydrogen-bond donors (Lipinski definition) is 1. The molecule has 0 unspecified atom stereocenters. The molecule has 0 saturated carbocycles. The summed E-state index contributed by atoms with van der Waals surface area (Å²) in [4.78, 5) is 24.0. The Morgan fingerprint density at radius 3 is 2.33 bits per heavy atom. The van der Waals surface area contributed by atoms with Gasteiger partial charge in [-0.3, -0.25) is 4.79 Å². The summed E-state index contributed by atoms with van der Waals surface area (Å²) in [6.45, 7) is 1.48. The van der Waals surface area contributed by atoms with Crippen LogP contribution in [0.1, 0.15) is 27.6 Å². The minimum Gasteiger partial charge on any atom is -0.507 e. The van der Waals surface area contributed by atoms with E-state index in [2.05, 4.69) is 0 Å². The molecule has 5 heteroatoms. The predicted molar refractivity (Wildman–Crippen MR) is 78.8 cm³/mol. The topological polar surface area (TPSA) is 63.6 Å². The van der Waals surface area contributed by atoms with E-state index in [0.717, 1.165) is 0 Å². The number of Topliss-reactive ketones (excluding diaryl/α,β-unsaturated/α-hetero) is 1. The first-order chi connectivity index (χ1) is 9.99. The minimum atomic E-state index is -0.960. The molecule has 1 atom stereocenters. The van der Waals surface area contributed by atoms with Gasteiger partial charge < -0.3 is 9.84 Å². The van der Waals surface area contributed by atoms with Crippen molar-refractivity contribution in [3.63, 3.8) is 0 Å². The van der Waals surface area contributed by atoms with Crippen molar-refractivity contribution in [2.24, 2.45) is 0 Å². The summed E-state index contributed by atoms with van der Waals surface area (Å²) < 4.78 is 5.08. The van der Waals surface area contributed by atoms with Crippen LogP contribution in [-0.4, -0.2) is 23.0 Å². The monoisotopic (exact) mass is 304 g/mol. The summed E-state index contributed by atoms with van der Waals surface area (Å²) in [6, 6.07) is 12.3. The van der Waals surface area contributed by atoms with Gasteiger partial charge >= 0.3 is 5.97 Å². The Morgan fingerprint density at radius 1 is 1.10 bits per heavy atom. The number of para-hydroxylation sites is 1. The number of carbonyl (C=O) groups excluding carboxylic acids is 2. The van der Waals surface area contributed by atoms with Crippen molar-refractivity contribution in [3.8, 4) is 5.75 Å². The Hall–Kier alpha value is -2.33. The van der Waals surface area contributed by atoms with Gasteiger partial charge in [-0.1, -0.05) is 23.7 Å². The molecule has 1 N–H and O–H groups in total. The van der Waals surface area contributed by atoms with Crippen molar-refractivity contribution >= 4 is 23.4 Å². The van der Waals surface area contributed by atoms with Crippen molar-refractivity contribution < 1.29 is 19.4 Å². The van der Waals surface area contributed by atoms with E-state index >= 15 is 0 Å². The molecule has 108 valence electrons. The van der Waals surface area contributed by atoms with Gasteiger partial charge in [0.2, 0.25) is 5.78 Å². The third-order valence-electron chi connectivity index (χ3n) is 2.91. The number of carbonyl (C=O) groups is 2. The fourth-order valence-corrected chi connectivity index (χ4v) is 1.90. The zero-order chi connectivity index (χ0) is 15.4. The van der Waals surface area contributed by atoms with Crippen LogP contribution in [0.5, 0.6) is 5.75 Å². The molecule has 0 amide bonds. The van der Waals surface area contributed by atoms with Gasteiger partial charge in [-0.25, -0.2) is 4.79 Å². The van der Waals surface area contributed by atoms with E-state index in [4.69, 9.17) is 16.3 Å². The van der Waals surface area contributed by atoms with E-state index in [9.17, 15) is 14.7 Å². The lowest BCUT2D eigenvalue weighted by Crippen LogP contribution is -2.24. The van der Waals surface area contributed by atoms with Gasteiger partial charge in [0.1, 0.15) is 11.3 Å². The molecule has 4 nitrogen and oxygen atoms in total. The minimum absolute atomic E-state index is 0.0215. The standard InChI is InChI=1S/C16H13ClO4/c1-10(15(19)11-6-8-12(17)9-7-11)21-16(20)13-4-2-3-5-14(13)18/h2-10,18H,1H3/t10-/m0/s1. The van der Waals surface area contributed by atoms with Gasteiger partial charge in [-0.05, 0) is 43.3 Å². The number of ether oxygens (including phenoxy) is 1. The normalized spacial score (nSPS) is 11.7. The van der Waals surface area contributed by atoms with E-state index in [1.165, 1.54) is 19.1 Å². The van der Waals surface area contributed by atoms with Gasteiger partial charge in [0.05, 0.1) is 0 Å². The summed E-state index contributed by atoms with van der Waals surface area (Å²) >= 11 is 5.75. The van der Waals surface area contributed by atoms with Crippen molar-refractivity contribution in [2.75, 3.05) is 0 Å². The number of benzene rings is 2. The van der Waals surface area contributed by atoms with E-state index in [1.54, 1.807) is 36.4 Å². The molecule has 0 aliphatic rings. The fourth-order valence-electron chi connectivity index (χ4n) is 1.77. The van der Waals surface area contributed by atoms with Crippen LogP contribution in [0.3, 0.4) is 0 Å². The molecule has 0 saturated heterocycles. The molecule has 21 heavy (non-hydrogen) atoms. The van der Waals surface area contributed by atoms with Crippen LogP contribution < -0.4 is 0 Å². The van der Waals surface area contributed by atoms with Crippen LogP contribution in [0.4, 0.5) is 0 Å². The lowest BCUT2D eigenvalue weighted by Gasteiger charge is -2.13. The molecule has 0 aromatic heterocycles. The maximum absolute atomic E-state index is 12.1. The zero-order valence-electron chi connectivity index (χ0n) is 11.2. The third kappa shape index (κ3) is 3.61. The van der Waals surface area contributed by atoms with Crippen LogP contribution in [0.2, 0.25) is 5.02 Å². The molecule has 0 fully saturated rings. The second-order valence-electron chi connectivity index (χ2n) is 4.44. The molecule has 0 radical (unpaired) electrons. The number of aromatic hydroxyl groups is 1. The Labute approximate surface area is 126 Å². The molecular weight excluding hydrogens is 292 g/mol. The summed E-state index contributed by atoms with van der Waals surface area (Å²) in [5.74, 6) is -1.27. The number of phenols is 1. The largest absolute Gasteiger partial charge is 0.507 e. The molecule has 0 bridgehead atoms. The lowest BCUT2D eigenvalue weighted by molar-refractivity contribution is 0.0316. The van der Waals surface area contributed by atoms with Gasteiger partial charge in [-0.15, -0.1) is 0 Å². The number of rotatable bonds is 4. The van der Waals surface area contributed by atoms with Crippen molar-refractivity contribution in [1.29, 1.82) is 0 Å². The molecule has 0 aliphatic carbocycles. The van der Waals surface area contributed by atoms with Crippen LogP contribution in [0.15, 0.2) is 48.5 Å². The van der Waals surface area contributed by atoms with Crippen LogP contribution >= 0.6 is 11.6 Å². The first-order valence-corrected chi connectivity index (χ1v) is 6.65. The summed E-state index contributed by atoms with van der Waals surface area (Å²) in [7, 11) is 0. The smallest absolute Gasteiger partial charge is 0.342 e. The first kappa shape index (κ1) is 15.1. The average molecular weight is 305 g/mol. The molecule has 0 spiro atoms. The molecule has 2 aromatic rings. The van der Waals surface area contributed by atoms with Crippen molar-refractivity contribution in [1.82, 2.24) is 0 Å². The zero-order valence-corrected chi connectivity index (χ0v) is 12.0. The number of halogens is 1. The van der Waals surface area contributed by atoms with Gasteiger partial charge in [0, 0.05) is 10.6 Å². The second kappa shape index (κ2) is 6.41. The van der Waals surface area contributed by atoms with Crippen LogP contribution in [-0.2, 0) is 4.74 Å². The van der Waals surface area contributed by atoms with Gasteiger partial charge in [0.25, 0.3) is 0 Å². The molecule has 0 aliphatic heterocycles. The first-order valence-electron chi connectivity index (χ1n) is 6.28. The maximum Gasteiger partial charge on any atom is 0.342 e. The van der Waals surface area contributed by atoms with Gasteiger partial charge in [0.15, 0.2) is 6.10 Å². The molecule has 2 aromatic carbocycles. The Balaban J connectivity index is 2.09. The maximum atomic E-state index is 12.1. The number of hydrogen-bond acceptors (Lipinski definition) is 4. The third-order valence-corrected chi connectivity index (χ3v) is 3.16. The number of phenolic OH excluding ortho intramolecular Hbond substituents is 1. The number of ketones is 1. The highest BCUT2D eigenvalue weighted by Gasteiger charge is 2.21. The summed E-state index contributed by atoms with van der Waals surface area (Å²) in [5, 5.41) is 10.1.